The second kappa shape index (κ2) is 9.12. The molecule has 6 nitrogen and oxygen atoms in total. The summed E-state index contributed by atoms with van der Waals surface area (Å²) < 4.78 is 11.0. The number of likely N-dealkylation sites (N-methyl/N-ethyl adjacent to an activating group) is 1. The van der Waals surface area contributed by atoms with Crippen molar-refractivity contribution in [3.05, 3.63) is 48.4 Å². The van der Waals surface area contributed by atoms with E-state index >= 15 is 0 Å². The van der Waals surface area contributed by atoms with Gasteiger partial charge in [-0.05, 0) is 50.4 Å². The number of rotatable bonds is 7. The second-order valence-corrected chi connectivity index (χ2v) is 7.36. The molecule has 0 spiro atoms. The first kappa shape index (κ1) is 18.8. The quantitative estimate of drug-likeness (QED) is 0.726. The van der Waals surface area contributed by atoms with Gasteiger partial charge in [0.1, 0.15) is 5.76 Å². The molecule has 2 aromatic rings. The number of likely N-dealkylation sites (tertiary alicyclic amines) is 1. The molecule has 0 unspecified atom stereocenters. The van der Waals surface area contributed by atoms with Crippen molar-refractivity contribution in [1.29, 1.82) is 0 Å². The summed E-state index contributed by atoms with van der Waals surface area (Å²) >= 11 is 1.69. The highest BCUT2D eigenvalue weighted by Gasteiger charge is 2.32. The Bertz CT molecular complexity index is 691. The van der Waals surface area contributed by atoms with Gasteiger partial charge in [0.25, 0.3) is 0 Å². The Kier molecular flexibility index (Phi) is 6.60. The predicted octanol–water partition coefficient (Wildman–Crippen LogP) is 3.41. The van der Waals surface area contributed by atoms with Gasteiger partial charge in [-0.2, -0.15) is 0 Å². The summed E-state index contributed by atoms with van der Waals surface area (Å²) in [5, 5.41) is 5.91. The molecule has 1 aliphatic rings. The van der Waals surface area contributed by atoms with Crippen LogP contribution in [0.25, 0.3) is 0 Å². The van der Waals surface area contributed by atoms with E-state index in [1.807, 2.05) is 50.4 Å². The van der Waals surface area contributed by atoms with Gasteiger partial charge < -0.3 is 24.7 Å². The van der Waals surface area contributed by atoms with Gasteiger partial charge in [0, 0.05) is 30.3 Å². The maximum atomic E-state index is 12.3. The lowest BCUT2D eigenvalue weighted by Gasteiger charge is -2.20. The summed E-state index contributed by atoms with van der Waals surface area (Å²) in [5.74, 6) is 1.73. The van der Waals surface area contributed by atoms with Gasteiger partial charge in [-0.1, -0.05) is 0 Å². The Hall–Kier alpha value is -1.96. The average Bonchev–Trinajstić information content (AvgIpc) is 3.25. The van der Waals surface area contributed by atoms with Crippen LogP contribution in [0, 0.1) is 0 Å². The van der Waals surface area contributed by atoms with Crippen LogP contribution >= 0.6 is 11.8 Å². The first-order valence-electron chi connectivity index (χ1n) is 8.77. The molecule has 1 aliphatic heterocycles. The topological polar surface area (TPSA) is 66.7 Å². The van der Waals surface area contributed by atoms with E-state index < -0.39 is 0 Å². The number of carbonyl (C=O) groups is 1. The molecular formula is C19H25N3O3S. The Morgan fingerprint density at radius 1 is 1.31 bits per heavy atom. The van der Waals surface area contributed by atoms with E-state index in [9.17, 15) is 4.79 Å². The van der Waals surface area contributed by atoms with Crippen LogP contribution in [0.15, 0.2) is 52.0 Å². The number of nitrogens with zero attached hydrogens (tertiary/aromatic N) is 1. The SMILES string of the molecule is CCO[C@H]1CN(C)C[C@@H]1NC(=O)Nc1ccc(SCc2ccco2)cc1. The summed E-state index contributed by atoms with van der Waals surface area (Å²) in [6.45, 7) is 4.25. The lowest BCUT2D eigenvalue weighted by Crippen LogP contribution is -2.45. The van der Waals surface area contributed by atoms with E-state index in [4.69, 9.17) is 9.15 Å². The molecule has 0 radical (unpaired) electrons. The minimum absolute atomic E-state index is 0.00285. The number of urea groups is 1. The van der Waals surface area contributed by atoms with Crippen LogP contribution in [0.2, 0.25) is 0 Å². The van der Waals surface area contributed by atoms with Crippen molar-refractivity contribution in [2.24, 2.45) is 0 Å². The highest BCUT2D eigenvalue weighted by Crippen LogP contribution is 2.24. The zero-order valence-corrected chi connectivity index (χ0v) is 15.9. The van der Waals surface area contributed by atoms with Gasteiger partial charge in [0.15, 0.2) is 0 Å². The number of benzene rings is 1. The molecule has 1 fully saturated rings. The normalized spacial score (nSPS) is 20.2. The van der Waals surface area contributed by atoms with Crippen LogP contribution in [0.1, 0.15) is 12.7 Å². The van der Waals surface area contributed by atoms with Crippen molar-refractivity contribution in [2.75, 3.05) is 32.1 Å². The maximum absolute atomic E-state index is 12.3. The molecule has 3 rings (SSSR count). The average molecular weight is 375 g/mol. The van der Waals surface area contributed by atoms with Crippen LogP contribution in [0.4, 0.5) is 10.5 Å². The first-order valence-corrected chi connectivity index (χ1v) is 9.75. The number of anilines is 1. The van der Waals surface area contributed by atoms with Crippen molar-refractivity contribution in [3.63, 3.8) is 0 Å². The lowest BCUT2D eigenvalue weighted by molar-refractivity contribution is 0.0568. The third kappa shape index (κ3) is 5.27. The van der Waals surface area contributed by atoms with Gasteiger partial charge in [-0.25, -0.2) is 4.79 Å². The highest BCUT2D eigenvalue weighted by atomic mass is 32.2. The van der Waals surface area contributed by atoms with E-state index in [-0.39, 0.29) is 18.2 Å². The van der Waals surface area contributed by atoms with Gasteiger partial charge in [0.05, 0.1) is 24.2 Å². The van der Waals surface area contributed by atoms with Crippen LogP contribution in [-0.2, 0) is 10.5 Å². The molecule has 1 aromatic heterocycles. The number of hydrogen-bond donors (Lipinski definition) is 2. The fourth-order valence-electron chi connectivity index (χ4n) is 3.00. The fourth-order valence-corrected chi connectivity index (χ4v) is 3.80. The van der Waals surface area contributed by atoms with Gasteiger partial charge in [0.2, 0.25) is 0 Å². The summed E-state index contributed by atoms with van der Waals surface area (Å²) in [6.07, 6.45) is 1.72. The monoisotopic (exact) mass is 375 g/mol. The molecular weight excluding hydrogens is 350 g/mol. The number of ether oxygens (including phenoxy) is 1. The summed E-state index contributed by atoms with van der Waals surface area (Å²) in [6, 6.07) is 11.5. The molecule has 7 heteroatoms. The standard InChI is InChI=1S/C19H25N3O3S/c1-3-24-18-12-22(2)11-17(18)21-19(23)20-14-6-8-16(9-7-14)26-13-15-5-4-10-25-15/h4-10,17-18H,3,11-13H2,1-2H3,(H2,20,21,23)/t17-,18-/m0/s1. The molecule has 2 atom stereocenters. The minimum atomic E-state index is -0.203. The Labute approximate surface area is 158 Å². The summed E-state index contributed by atoms with van der Waals surface area (Å²) in [7, 11) is 2.03. The van der Waals surface area contributed by atoms with E-state index in [1.165, 1.54) is 0 Å². The van der Waals surface area contributed by atoms with E-state index in [0.29, 0.717) is 6.61 Å². The molecule has 2 heterocycles. The molecule has 140 valence electrons. The van der Waals surface area contributed by atoms with Crippen molar-refractivity contribution in [1.82, 2.24) is 10.2 Å². The molecule has 0 saturated carbocycles. The number of hydrogen-bond acceptors (Lipinski definition) is 5. The molecule has 1 aromatic carbocycles. The molecule has 1 saturated heterocycles. The Morgan fingerprint density at radius 3 is 2.81 bits per heavy atom. The van der Waals surface area contributed by atoms with Gasteiger partial charge in [-0.15, -0.1) is 11.8 Å². The van der Waals surface area contributed by atoms with Gasteiger partial charge in [-0.3, -0.25) is 0 Å². The summed E-state index contributed by atoms with van der Waals surface area (Å²) in [5.41, 5.74) is 0.768. The number of furan rings is 1. The van der Waals surface area contributed by atoms with E-state index in [1.54, 1.807) is 18.0 Å². The highest BCUT2D eigenvalue weighted by molar-refractivity contribution is 7.98. The third-order valence-corrected chi connectivity index (χ3v) is 5.25. The molecule has 2 amide bonds. The van der Waals surface area contributed by atoms with Crippen LogP contribution in [0.5, 0.6) is 0 Å². The molecule has 26 heavy (non-hydrogen) atoms. The zero-order chi connectivity index (χ0) is 18.4. The van der Waals surface area contributed by atoms with Crippen LogP contribution in [-0.4, -0.2) is 49.8 Å². The van der Waals surface area contributed by atoms with E-state index in [0.717, 1.165) is 35.2 Å². The second-order valence-electron chi connectivity index (χ2n) is 6.31. The number of thioether (sulfide) groups is 1. The molecule has 0 aliphatic carbocycles. The van der Waals surface area contributed by atoms with Crippen LogP contribution in [0.3, 0.4) is 0 Å². The Morgan fingerprint density at radius 2 is 2.12 bits per heavy atom. The predicted molar refractivity (Wildman–Crippen MR) is 104 cm³/mol. The van der Waals surface area contributed by atoms with Crippen LogP contribution < -0.4 is 10.6 Å². The Balaban J connectivity index is 1.48. The number of amides is 2. The third-order valence-electron chi connectivity index (χ3n) is 4.22. The minimum Gasteiger partial charge on any atom is -0.468 e. The van der Waals surface area contributed by atoms with Crippen molar-refractivity contribution in [3.8, 4) is 0 Å². The maximum Gasteiger partial charge on any atom is 0.319 e. The fraction of sp³-hybridized carbons (Fsp3) is 0.421. The van der Waals surface area contributed by atoms with E-state index in [2.05, 4.69) is 15.5 Å². The smallest absolute Gasteiger partial charge is 0.319 e. The number of nitrogens with one attached hydrogen (secondary N) is 2. The summed E-state index contributed by atoms with van der Waals surface area (Å²) in [4.78, 5) is 15.6. The molecule has 0 bridgehead atoms. The van der Waals surface area contributed by atoms with Crippen molar-refractivity contribution < 1.29 is 13.9 Å². The van der Waals surface area contributed by atoms with Crippen molar-refractivity contribution >= 4 is 23.5 Å². The first-order chi connectivity index (χ1) is 12.6. The lowest BCUT2D eigenvalue weighted by atomic mass is 10.2. The number of carbonyl (C=O) groups excluding carboxylic acids is 1. The zero-order valence-electron chi connectivity index (χ0n) is 15.1. The molecule has 2 N–H and O–H groups in total. The largest absolute Gasteiger partial charge is 0.468 e. The van der Waals surface area contributed by atoms with Gasteiger partial charge >= 0.3 is 6.03 Å². The van der Waals surface area contributed by atoms with Crippen molar-refractivity contribution in [2.45, 2.75) is 29.7 Å².